The maximum absolute atomic E-state index is 11.0. The van der Waals surface area contributed by atoms with Gasteiger partial charge in [-0.3, -0.25) is 14.8 Å². The average Bonchev–Trinajstić information content (AvgIpc) is 2.62. The average molecular weight is 249 g/mol. The van der Waals surface area contributed by atoms with Gasteiger partial charge in [0.05, 0.1) is 4.92 Å². The Kier molecular flexibility index (Phi) is 2.80. The van der Waals surface area contributed by atoms with Gasteiger partial charge in [-0.1, -0.05) is 0 Å². The van der Waals surface area contributed by atoms with E-state index in [1.54, 1.807) is 24.0 Å². The second-order valence-electron chi connectivity index (χ2n) is 3.62. The standard InChI is InChI=1S/C9H11N7O2/c1-5-7(16(17)18)8(13-9(10)11-5)12-6-3-4-15(2)14-6/h3-4H,1-2H3,(H3,10,11,12,13,14). The van der Waals surface area contributed by atoms with Crippen LogP contribution in [0.5, 0.6) is 0 Å². The summed E-state index contributed by atoms with van der Waals surface area (Å²) in [5, 5.41) is 17.8. The van der Waals surface area contributed by atoms with Gasteiger partial charge in [-0.2, -0.15) is 10.1 Å². The highest BCUT2D eigenvalue weighted by Gasteiger charge is 2.22. The van der Waals surface area contributed by atoms with Crippen molar-refractivity contribution in [2.45, 2.75) is 6.92 Å². The van der Waals surface area contributed by atoms with Crippen LogP contribution in [-0.2, 0) is 7.05 Å². The fourth-order valence-electron chi connectivity index (χ4n) is 1.50. The van der Waals surface area contributed by atoms with E-state index in [9.17, 15) is 10.1 Å². The Morgan fingerprint density at radius 3 is 2.78 bits per heavy atom. The van der Waals surface area contributed by atoms with Gasteiger partial charge in [0.25, 0.3) is 0 Å². The van der Waals surface area contributed by atoms with Crippen molar-refractivity contribution in [3.05, 3.63) is 28.1 Å². The van der Waals surface area contributed by atoms with Crippen LogP contribution >= 0.6 is 0 Å². The second-order valence-corrected chi connectivity index (χ2v) is 3.62. The second kappa shape index (κ2) is 4.28. The van der Waals surface area contributed by atoms with Crippen LogP contribution in [0, 0.1) is 17.0 Å². The van der Waals surface area contributed by atoms with E-state index >= 15 is 0 Å². The molecule has 9 heteroatoms. The summed E-state index contributed by atoms with van der Waals surface area (Å²) in [5.41, 5.74) is 5.46. The van der Waals surface area contributed by atoms with Crippen molar-refractivity contribution >= 4 is 23.3 Å². The summed E-state index contributed by atoms with van der Waals surface area (Å²) in [6.07, 6.45) is 1.70. The monoisotopic (exact) mass is 249 g/mol. The van der Waals surface area contributed by atoms with Crippen molar-refractivity contribution < 1.29 is 4.92 Å². The molecule has 2 rings (SSSR count). The smallest absolute Gasteiger partial charge is 0.332 e. The number of nitro groups is 1. The highest BCUT2D eigenvalue weighted by molar-refractivity contribution is 5.66. The lowest BCUT2D eigenvalue weighted by atomic mass is 10.3. The number of aromatic nitrogens is 4. The van der Waals surface area contributed by atoms with E-state index < -0.39 is 4.92 Å². The lowest BCUT2D eigenvalue weighted by molar-refractivity contribution is -0.385. The van der Waals surface area contributed by atoms with Crippen LogP contribution in [0.4, 0.5) is 23.3 Å². The van der Waals surface area contributed by atoms with Gasteiger partial charge in [0.2, 0.25) is 11.8 Å². The number of anilines is 3. The lowest BCUT2D eigenvalue weighted by Crippen LogP contribution is -2.07. The Labute approximate surface area is 102 Å². The highest BCUT2D eigenvalue weighted by atomic mass is 16.6. The molecule has 2 heterocycles. The molecule has 0 aliphatic rings. The molecule has 0 spiro atoms. The summed E-state index contributed by atoms with van der Waals surface area (Å²) in [5.74, 6) is 0.443. The van der Waals surface area contributed by atoms with E-state index in [4.69, 9.17) is 5.73 Å². The van der Waals surface area contributed by atoms with Crippen LogP contribution in [0.2, 0.25) is 0 Å². The Hall–Kier alpha value is -2.71. The van der Waals surface area contributed by atoms with Crippen molar-refractivity contribution in [3.63, 3.8) is 0 Å². The van der Waals surface area contributed by atoms with Crippen molar-refractivity contribution in [1.29, 1.82) is 0 Å². The highest BCUT2D eigenvalue weighted by Crippen LogP contribution is 2.27. The van der Waals surface area contributed by atoms with Crippen LogP contribution in [0.3, 0.4) is 0 Å². The van der Waals surface area contributed by atoms with Crippen LogP contribution < -0.4 is 11.1 Å². The first-order valence-corrected chi connectivity index (χ1v) is 5.02. The van der Waals surface area contributed by atoms with Gasteiger partial charge in [0, 0.05) is 19.3 Å². The molecule has 3 N–H and O–H groups in total. The molecular weight excluding hydrogens is 238 g/mol. The molecule has 0 radical (unpaired) electrons. The van der Waals surface area contributed by atoms with Crippen molar-refractivity contribution in [2.24, 2.45) is 7.05 Å². The molecule has 2 aromatic rings. The van der Waals surface area contributed by atoms with Crippen molar-refractivity contribution in [1.82, 2.24) is 19.7 Å². The van der Waals surface area contributed by atoms with E-state index in [1.807, 2.05) is 0 Å². The minimum atomic E-state index is -0.556. The third kappa shape index (κ3) is 2.19. The van der Waals surface area contributed by atoms with Gasteiger partial charge in [0.1, 0.15) is 5.69 Å². The minimum absolute atomic E-state index is 0.0310. The van der Waals surface area contributed by atoms with E-state index in [1.165, 1.54) is 6.92 Å². The van der Waals surface area contributed by atoms with Gasteiger partial charge in [-0.25, -0.2) is 4.98 Å². The molecule has 0 amide bonds. The Morgan fingerprint density at radius 1 is 1.50 bits per heavy atom. The zero-order valence-corrected chi connectivity index (χ0v) is 9.78. The molecule has 94 valence electrons. The first-order chi connectivity index (χ1) is 8.47. The first-order valence-electron chi connectivity index (χ1n) is 5.02. The van der Waals surface area contributed by atoms with Gasteiger partial charge >= 0.3 is 5.69 Å². The van der Waals surface area contributed by atoms with Crippen LogP contribution in [0.1, 0.15) is 5.69 Å². The zero-order chi connectivity index (χ0) is 13.3. The zero-order valence-electron chi connectivity index (χ0n) is 9.78. The SMILES string of the molecule is Cc1nc(N)nc(Nc2ccn(C)n2)c1[N+](=O)[O-]. The lowest BCUT2D eigenvalue weighted by Gasteiger charge is -2.05. The number of nitrogen functional groups attached to an aromatic ring is 1. The molecular formula is C9H11N7O2. The molecule has 0 saturated heterocycles. The molecule has 0 aromatic carbocycles. The summed E-state index contributed by atoms with van der Waals surface area (Å²) in [4.78, 5) is 18.0. The summed E-state index contributed by atoms with van der Waals surface area (Å²) < 4.78 is 1.56. The third-order valence-corrected chi connectivity index (χ3v) is 2.22. The Bertz CT molecular complexity index is 607. The van der Waals surface area contributed by atoms with Crippen molar-refractivity contribution in [2.75, 3.05) is 11.1 Å². The topological polar surface area (TPSA) is 125 Å². The van der Waals surface area contributed by atoms with E-state index in [2.05, 4.69) is 20.4 Å². The molecule has 0 unspecified atom stereocenters. The van der Waals surface area contributed by atoms with Gasteiger partial charge in [-0.15, -0.1) is 0 Å². The maximum atomic E-state index is 11.0. The predicted octanol–water partition coefficient (Wildman–Crippen LogP) is 0.753. The summed E-state index contributed by atoms with van der Waals surface area (Å²) in [7, 11) is 1.74. The normalized spacial score (nSPS) is 10.3. The molecule has 0 aliphatic heterocycles. The number of nitrogens with one attached hydrogen (secondary N) is 1. The van der Waals surface area contributed by atoms with Crippen LogP contribution in [0.15, 0.2) is 12.3 Å². The molecule has 0 saturated carbocycles. The summed E-state index contributed by atoms with van der Waals surface area (Å²) in [6.45, 7) is 1.50. The number of rotatable bonds is 3. The van der Waals surface area contributed by atoms with Crippen LogP contribution in [-0.4, -0.2) is 24.7 Å². The molecule has 0 bridgehead atoms. The van der Waals surface area contributed by atoms with E-state index in [0.29, 0.717) is 5.82 Å². The van der Waals surface area contributed by atoms with E-state index in [-0.39, 0.29) is 23.1 Å². The predicted molar refractivity (Wildman–Crippen MR) is 64.3 cm³/mol. The largest absolute Gasteiger partial charge is 0.368 e. The molecule has 2 aromatic heterocycles. The molecule has 0 fully saturated rings. The number of hydrogen-bond donors (Lipinski definition) is 2. The molecule has 0 atom stereocenters. The molecule has 0 aliphatic carbocycles. The molecule has 18 heavy (non-hydrogen) atoms. The van der Waals surface area contributed by atoms with Gasteiger partial charge in [0.15, 0.2) is 5.82 Å². The number of nitrogens with zero attached hydrogens (tertiary/aromatic N) is 5. The molecule has 9 nitrogen and oxygen atoms in total. The Morgan fingerprint density at radius 2 is 2.22 bits per heavy atom. The maximum Gasteiger partial charge on any atom is 0.332 e. The quantitative estimate of drug-likeness (QED) is 0.607. The Balaban J connectivity index is 2.45. The number of nitrogens with two attached hydrogens (primary N) is 1. The number of aryl methyl sites for hydroxylation is 2. The summed E-state index contributed by atoms with van der Waals surface area (Å²) in [6, 6.07) is 1.66. The van der Waals surface area contributed by atoms with Crippen molar-refractivity contribution in [3.8, 4) is 0 Å². The van der Waals surface area contributed by atoms with Gasteiger partial charge < -0.3 is 11.1 Å². The van der Waals surface area contributed by atoms with Gasteiger partial charge in [-0.05, 0) is 6.92 Å². The number of hydrogen-bond acceptors (Lipinski definition) is 7. The summed E-state index contributed by atoms with van der Waals surface area (Å²) >= 11 is 0. The van der Waals surface area contributed by atoms with E-state index in [0.717, 1.165) is 0 Å². The fourth-order valence-corrected chi connectivity index (χ4v) is 1.50. The fraction of sp³-hybridized carbons (Fsp3) is 0.222. The third-order valence-electron chi connectivity index (χ3n) is 2.22. The minimum Gasteiger partial charge on any atom is -0.368 e. The first kappa shape index (κ1) is 11.8. The van der Waals surface area contributed by atoms with Crippen LogP contribution in [0.25, 0.3) is 0 Å².